The molecule has 0 amide bonds. The second-order valence-electron chi connectivity index (χ2n) is 7.85. The maximum Gasteiger partial charge on any atom is 0.119 e. The molecule has 0 atom stereocenters. The topological polar surface area (TPSA) is 56.9 Å². The summed E-state index contributed by atoms with van der Waals surface area (Å²) in [6, 6.07) is 10.2. The molecule has 1 aromatic carbocycles. The van der Waals surface area contributed by atoms with Crippen LogP contribution in [0.1, 0.15) is 37.7 Å². The third-order valence-electron chi connectivity index (χ3n) is 4.54. The van der Waals surface area contributed by atoms with Crippen LogP contribution in [0.4, 0.5) is 0 Å². The number of nitrogens with zero attached hydrogens (tertiary/aromatic N) is 4. The van der Waals surface area contributed by atoms with Gasteiger partial charge in [0.05, 0.1) is 29.7 Å². The Hall–Kier alpha value is -2.60. The molecule has 0 aliphatic heterocycles. The van der Waals surface area contributed by atoms with E-state index in [1.165, 1.54) is 5.69 Å². The maximum absolute atomic E-state index is 5.38. The fourth-order valence-corrected chi connectivity index (χ4v) is 3.05. The van der Waals surface area contributed by atoms with Crippen molar-refractivity contribution < 1.29 is 4.74 Å². The summed E-state index contributed by atoms with van der Waals surface area (Å²) in [7, 11) is 3.66. The molecule has 0 radical (unpaired) electrons. The van der Waals surface area contributed by atoms with Gasteiger partial charge in [-0.2, -0.15) is 10.2 Å². The molecule has 6 heteroatoms. The summed E-state index contributed by atoms with van der Waals surface area (Å²) >= 11 is 0. The van der Waals surface area contributed by atoms with Gasteiger partial charge in [-0.3, -0.25) is 9.36 Å². The van der Waals surface area contributed by atoms with Gasteiger partial charge in [0.15, 0.2) is 0 Å². The summed E-state index contributed by atoms with van der Waals surface area (Å²) in [4.78, 5) is 0. The lowest BCUT2D eigenvalue weighted by Gasteiger charge is -2.18. The van der Waals surface area contributed by atoms with E-state index in [-0.39, 0.29) is 5.54 Å². The molecule has 144 valence electrons. The average Bonchev–Trinajstić information content (AvgIpc) is 3.18. The van der Waals surface area contributed by atoms with Crippen molar-refractivity contribution in [2.75, 3.05) is 7.11 Å². The molecule has 0 fully saturated rings. The van der Waals surface area contributed by atoms with Gasteiger partial charge >= 0.3 is 0 Å². The first kappa shape index (κ1) is 19.2. The Morgan fingerprint density at radius 2 is 1.89 bits per heavy atom. The van der Waals surface area contributed by atoms with Crippen molar-refractivity contribution >= 4 is 0 Å². The molecule has 1 N–H and O–H groups in total. The van der Waals surface area contributed by atoms with Crippen molar-refractivity contribution in [3.8, 4) is 17.0 Å². The van der Waals surface area contributed by atoms with E-state index >= 15 is 0 Å². The number of aryl methyl sites for hydroxylation is 2. The predicted octanol–water partition coefficient (Wildman–Crippen LogP) is 3.65. The Labute approximate surface area is 161 Å². The minimum atomic E-state index is -0.0784. The molecular formula is C21H29N5O. The fourth-order valence-electron chi connectivity index (χ4n) is 3.05. The Bertz CT molecular complexity index is 917. The van der Waals surface area contributed by atoms with Gasteiger partial charge in [-0.25, -0.2) is 0 Å². The van der Waals surface area contributed by atoms with E-state index in [1.54, 1.807) is 7.11 Å². The summed E-state index contributed by atoms with van der Waals surface area (Å²) in [6.45, 7) is 9.97. The Kier molecular flexibility index (Phi) is 5.37. The highest BCUT2D eigenvalue weighted by Gasteiger charge is 2.19. The van der Waals surface area contributed by atoms with Crippen LogP contribution in [0.5, 0.6) is 5.75 Å². The van der Waals surface area contributed by atoms with Gasteiger partial charge in [0.2, 0.25) is 0 Å². The Balaban J connectivity index is 1.86. The minimum Gasteiger partial charge on any atom is -0.497 e. The second kappa shape index (κ2) is 7.56. The van der Waals surface area contributed by atoms with Gasteiger partial charge in [-0.1, -0.05) is 12.1 Å². The minimum absolute atomic E-state index is 0.0784. The van der Waals surface area contributed by atoms with Crippen molar-refractivity contribution in [1.82, 2.24) is 24.9 Å². The van der Waals surface area contributed by atoms with Crippen LogP contribution >= 0.6 is 0 Å². The van der Waals surface area contributed by atoms with Crippen LogP contribution < -0.4 is 10.1 Å². The van der Waals surface area contributed by atoms with Crippen LogP contribution in [0.15, 0.2) is 36.5 Å². The number of aromatic nitrogens is 4. The summed E-state index contributed by atoms with van der Waals surface area (Å²) in [5.41, 5.74) is 5.33. The second-order valence-corrected chi connectivity index (χ2v) is 7.85. The average molecular weight is 367 g/mol. The van der Waals surface area contributed by atoms with Crippen molar-refractivity contribution in [2.24, 2.45) is 7.05 Å². The molecule has 27 heavy (non-hydrogen) atoms. The number of hydrogen-bond acceptors (Lipinski definition) is 4. The first-order valence-electron chi connectivity index (χ1n) is 9.21. The standard InChI is InChI=1S/C21H29N5O/c1-15-10-18(25(5)23-15)13-22-12-17-14-26(21(2,3)4)24-20(17)16-8-7-9-19(11-16)27-6/h7-11,14,22H,12-13H2,1-6H3. The lowest BCUT2D eigenvalue weighted by atomic mass is 10.1. The quantitative estimate of drug-likeness (QED) is 0.723. The largest absolute Gasteiger partial charge is 0.497 e. The number of nitrogens with one attached hydrogen (secondary N) is 1. The van der Waals surface area contributed by atoms with E-state index in [4.69, 9.17) is 9.84 Å². The first-order chi connectivity index (χ1) is 12.8. The zero-order valence-electron chi connectivity index (χ0n) is 17.1. The van der Waals surface area contributed by atoms with Gasteiger partial charge in [0, 0.05) is 37.5 Å². The fraction of sp³-hybridized carbons (Fsp3) is 0.429. The Morgan fingerprint density at radius 1 is 1.11 bits per heavy atom. The van der Waals surface area contributed by atoms with Crippen LogP contribution in [0, 0.1) is 6.92 Å². The lowest BCUT2D eigenvalue weighted by molar-refractivity contribution is 0.356. The van der Waals surface area contributed by atoms with E-state index in [0.29, 0.717) is 0 Å². The third kappa shape index (κ3) is 4.39. The van der Waals surface area contributed by atoms with Crippen LogP contribution in [0.2, 0.25) is 0 Å². The van der Waals surface area contributed by atoms with Crippen molar-refractivity contribution in [1.29, 1.82) is 0 Å². The van der Waals surface area contributed by atoms with Crippen LogP contribution in [0.3, 0.4) is 0 Å². The number of methoxy groups -OCH3 is 1. The van der Waals surface area contributed by atoms with Crippen LogP contribution in [-0.4, -0.2) is 26.7 Å². The molecular weight excluding hydrogens is 338 g/mol. The summed E-state index contributed by atoms with van der Waals surface area (Å²) in [5.74, 6) is 0.835. The van der Waals surface area contributed by atoms with Gasteiger partial charge in [0.25, 0.3) is 0 Å². The number of benzene rings is 1. The van der Waals surface area contributed by atoms with Crippen LogP contribution in [-0.2, 0) is 25.7 Å². The van der Waals surface area contributed by atoms with Gasteiger partial charge in [-0.15, -0.1) is 0 Å². The van der Waals surface area contributed by atoms with Gasteiger partial charge < -0.3 is 10.1 Å². The van der Waals surface area contributed by atoms with E-state index in [9.17, 15) is 0 Å². The number of hydrogen-bond donors (Lipinski definition) is 1. The van der Waals surface area contributed by atoms with Crippen molar-refractivity contribution in [2.45, 2.75) is 46.3 Å². The molecule has 3 rings (SSSR count). The molecule has 0 unspecified atom stereocenters. The molecule has 3 aromatic rings. The molecule has 2 aromatic heterocycles. The molecule has 0 bridgehead atoms. The monoisotopic (exact) mass is 367 g/mol. The highest BCUT2D eigenvalue weighted by molar-refractivity contribution is 5.64. The molecule has 0 aliphatic rings. The zero-order chi connectivity index (χ0) is 19.6. The SMILES string of the molecule is COc1cccc(-c2nn(C(C)(C)C)cc2CNCc2cc(C)nn2C)c1. The van der Waals surface area contributed by atoms with E-state index in [1.807, 2.05) is 41.5 Å². The van der Waals surface area contributed by atoms with Gasteiger partial charge in [-0.05, 0) is 45.9 Å². The van der Waals surface area contributed by atoms with Crippen LogP contribution in [0.25, 0.3) is 11.3 Å². The van der Waals surface area contributed by atoms with E-state index < -0.39 is 0 Å². The number of ether oxygens (including phenoxy) is 1. The molecule has 0 spiro atoms. The molecule has 0 saturated carbocycles. The van der Waals surface area contributed by atoms with E-state index in [0.717, 1.165) is 41.4 Å². The van der Waals surface area contributed by atoms with Crippen molar-refractivity contribution in [3.05, 3.63) is 53.5 Å². The van der Waals surface area contributed by atoms with Crippen molar-refractivity contribution in [3.63, 3.8) is 0 Å². The third-order valence-corrected chi connectivity index (χ3v) is 4.54. The van der Waals surface area contributed by atoms with E-state index in [2.05, 4.69) is 49.5 Å². The molecule has 0 saturated heterocycles. The first-order valence-corrected chi connectivity index (χ1v) is 9.21. The zero-order valence-corrected chi connectivity index (χ0v) is 17.1. The maximum atomic E-state index is 5.38. The molecule has 6 nitrogen and oxygen atoms in total. The number of rotatable bonds is 6. The highest BCUT2D eigenvalue weighted by Crippen LogP contribution is 2.28. The normalized spacial score (nSPS) is 11.8. The predicted molar refractivity (Wildman–Crippen MR) is 108 cm³/mol. The van der Waals surface area contributed by atoms with Gasteiger partial charge in [0.1, 0.15) is 5.75 Å². The molecule has 0 aliphatic carbocycles. The smallest absolute Gasteiger partial charge is 0.119 e. The Morgan fingerprint density at radius 3 is 2.52 bits per heavy atom. The summed E-state index contributed by atoms with van der Waals surface area (Å²) in [5, 5.41) is 12.8. The lowest BCUT2D eigenvalue weighted by Crippen LogP contribution is -2.22. The summed E-state index contributed by atoms with van der Waals surface area (Å²) in [6.07, 6.45) is 2.14. The molecule has 2 heterocycles. The highest BCUT2D eigenvalue weighted by atomic mass is 16.5. The summed E-state index contributed by atoms with van der Waals surface area (Å²) < 4.78 is 9.34.